The molecule has 3 aromatic rings. The van der Waals surface area contributed by atoms with Crippen LogP contribution in [0.15, 0.2) is 40.8 Å². The first-order valence-electron chi connectivity index (χ1n) is 6.51. The molecule has 0 atom stereocenters. The molecule has 102 valence electrons. The first kappa shape index (κ1) is 12.5. The van der Waals surface area contributed by atoms with Gasteiger partial charge in [0, 0.05) is 19.7 Å². The summed E-state index contributed by atoms with van der Waals surface area (Å²) in [5, 5.41) is 0. The quantitative estimate of drug-likeness (QED) is 0.718. The van der Waals surface area contributed by atoms with Gasteiger partial charge in [-0.1, -0.05) is 6.07 Å². The van der Waals surface area contributed by atoms with Gasteiger partial charge in [-0.2, -0.15) is 0 Å². The average Bonchev–Trinajstić information content (AvgIpc) is 2.79. The summed E-state index contributed by atoms with van der Waals surface area (Å²) in [7, 11) is 2.00. The van der Waals surface area contributed by atoms with Crippen molar-refractivity contribution >= 4 is 28.2 Å². The van der Waals surface area contributed by atoms with Gasteiger partial charge in [0.1, 0.15) is 5.52 Å². The van der Waals surface area contributed by atoms with Crippen molar-refractivity contribution in [2.24, 2.45) is 0 Å². The number of anilines is 3. The van der Waals surface area contributed by atoms with Crippen LogP contribution in [0.3, 0.4) is 0 Å². The summed E-state index contributed by atoms with van der Waals surface area (Å²) >= 11 is 0. The van der Waals surface area contributed by atoms with Crippen molar-refractivity contribution in [3.8, 4) is 0 Å². The monoisotopic (exact) mass is 267 g/mol. The Labute approximate surface area is 117 Å². The number of nitrogens with two attached hydrogens (primary N) is 1. The number of aromatic nitrogens is 1. The lowest BCUT2D eigenvalue weighted by molar-refractivity contribution is 0.561. The molecule has 1 heterocycles. The molecule has 0 unspecified atom stereocenters. The predicted octanol–water partition coefficient (Wildman–Crippen LogP) is 3.79. The zero-order chi connectivity index (χ0) is 14.3. The maximum atomic E-state index is 6.07. The normalized spacial score (nSPS) is 10.9. The Hall–Kier alpha value is -2.49. The summed E-state index contributed by atoms with van der Waals surface area (Å²) in [5.41, 5.74) is 11.7. The highest BCUT2D eigenvalue weighted by molar-refractivity contribution is 5.82. The minimum absolute atomic E-state index is 0.676. The summed E-state index contributed by atoms with van der Waals surface area (Å²) in [6.45, 7) is 3.91. The highest BCUT2D eigenvalue weighted by Gasteiger charge is 2.10. The van der Waals surface area contributed by atoms with Crippen LogP contribution in [0.25, 0.3) is 11.1 Å². The van der Waals surface area contributed by atoms with E-state index in [0.717, 1.165) is 28.2 Å². The molecule has 0 saturated heterocycles. The highest BCUT2D eigenvalue weighted by Crippen LogP contribution is 2.31. The van der Waals surface area contributed by atoms with Crippen molar-refractivity contribution < 1.29 is 4.42 Å². The minimum Gasteiger partial charge on any atom is -0.441 e. The topological polar surface area (TPSA) is 55.3 Å². The van der Waals surface area contributed by atoms with Crippen molar-refractivity contribution in [2.45, 2.75) is 13.8 Å². The molecule has 4 nitrogen and oxygen atoms in total. The maximum absolute atomic E-state index is 6.07. The molecule has 0 amide bonds. The van der Waals surface area contributed by atoms with E-state index in [2.05, 4.69) is 22.9 Å². The van der Waals surface area contributed by atoms with Crippen LogP contribution in [-0.2, 0) is 0 Å². The molecule has 0 aliphatic carbocycles. The van der Waals surface area contributed by atoms with Gasteiger partial charge in [0.15, 0.2) is 11.5 Å². The molecule has 0 radical (unpaired) electrons. The number of oxazole rings is 1. The number of benzene rings is 2. The Bertz CT molecular complexity index is 776. The SMILES string of the molecule is Cc1ccc(N)c(N(C)c2ccc3oc(C)nc3c2)c1. The van der Waals surface area contributed by atoms with Gasteiger partial charge in [0.05, 0.1) is 11.4 Å². The van der Waals surface area contributed by atoms with Gasteiger partial charge in [0.2, 0.25) is 0 Å². The van der Waals surface area contributed by atoms with E-state index in [-0.39, 0.29) is 0 Å². The molecule has 0 spiro atoms. The molecule has 0 bridgehead atoms. The summed E-state index contributed by atoms with van der Waals surface area (Å²) in [5.74, 6) is 0.676. The van der Waals surface area contributed by atoms with Crippen LogP contribution in [-0.4, -0.2) is 12.0 Å². The van der Waals surface area contributed by atoms with E-state index < -0.39 is 0 Å². The largest absolute Gasteiger partial charge is 0.441 e. The van der Waals surface area contributed by atoms with Crippen molar-refractivity contribution in [3.63, 3.8) is 0 Å². The van der Waals surface area contributed by atoms with E-state index in [0.29, 0.717) is 5.89 Å². The summed E-state index contributed by atoms with van der Waals surface area (Å²) < 4.78 is 5.50. The minimum atomic E-state index is 0.676. The van der Waals surface area contributed by atoms with Crippen molar-refractivity contribution in [1.29, 1.82) is 0 Å². The van der Waals surface area contributed by atoms with Crippen LogP contribution in [0, 0.1) is 13.8 Å². The van der Waals surface area contributed by atoms with Gasteiger partial charge >= 0.3 is 0 Å². The average molecular weight is 267 g/mol. The molecule has 0 aliphatic rings. The predicted molar refractivity (Wildman–Crippen MR) is 82.4 cm³/mol. The van der Waals surface area contributed by atoms with Gasteiger partial charge in [-0.3, -0.25) is 0 Å². The molecular weight excluding hydrogens is 250 g/mol. The van der Waals surface area contributed by atoms with Crippen LogP contribution >= 0.6 is 0 Å². The Kier molecular flexibility index (Phi) is 2.86. The standard InChI is InChI=1S/C16H17N3O/c1-10-4-6-13(17)15(8-10)19(3)12-5-7-16-14(9-12)18-11(2)20-16/h4-9H,17H2,1-3H3. The molecule has 0 fully saturated rings. The zero-order valence-corrected chi connectivity index (χ0v) is 11.8. The number of fused-ring (bicyclic) bond motifs is 1. The molecule has 0 saturated carbocycles. The molecule has 2 N–H and O–H groups in total. The second kappa shape index (κ2) is 4.56. The van der Waals surface area contributed by atoms with Crippen LogP contribution in [0.2, 0.25) is 0 Å². The summed E-state index contributed by atoms with van der Waals surface area (Å²) in [6.07, 6.45) is 0. The Morgan fingerprint density at radius 3 is 2.70 bits per heavy atom. The van der Waals surface area contributed by atoms with Crippen LogP contribution in [0.5, 0.6) is 0 Å². The first-order chi connectivity index (χ1) is 9.54. The number of rotatable bonds is 2. The number of nitrogen functional groups attached to an aromatic ring is 1. The van der Waals surface area contributed by atoms with Crippen LogP contribution in [0.4, 0.5) is 17.1 Å². The Morgan fingerprint density at radius 2 is 1.90 bits per heavy atom. The third kappa shape index (κ3) is 2.09. The van der Waals surface area contributed by atoms with Crippen molar-refractivity contribution in [2.75, 3.05) is 17.7 Å². The van der Waals surface area contributed by atoms with Crippen molar-refractivity contribution in [3.05, 3.63) is 47.9 Å². The summed E-state index contributed by atoms with van der Waals surface area (Å²) in [4.78, 5) is 6.43. The summed E-state index contributed by atoms with van der Waals surface area (Å²) in [6, 6.07) is 12.0. The van der Waals surface area contributed by atoms with E-state index in [4.69, 9.17) is 10.2 Å². The lowest BCUT2D eigenvalue weighted by Crippen LogP contribution is -2.11. The van der Waals surface area contributed by atoms with E-state index in [9.17, 15) is 0 Å². The van der Waals surface area contributed by atoms with E-state index in [1.807, 2.05) is 44.3 Å². The van der Waals surface area contributed by atoms with Crippen LogP contribution in [0.1, 0.15) is 11.5 Å². The first-order valence-corrected chi connectivity index (χ1v) is 6.51. The number of hydrogen-bond donors (Lipinski definition) is 1. The van der Waals surface area contributed by atoms with Gasteiger partial charge in [-0.05, 0) is 42.8 Å². The van der Waals surface area contributed by atoms with Gasteiger partial charge < -0.3 is 15.1 Å². The second-order valence-corrected chi connectivity index (χ2v) is 5.01. The molecule has 0 aliphatic heterocycles. The highest BCUT2D eigenvalue weighted by atomic mass is 16.3. The van der Waals surface area contributed by atoms with Crippen molar-refractivity contribution in [1.82, 2.24) is 4.98 Å². The molecule has 1 aromatic heterocycles. The number of nitrogens with zero attached hydrogens (tertiary/aromatic N) is 2. The molecule has 2 aromatic carbocycles. The number of aryl methyl sites for hydroxylation is 2. The van der Waals surface area contributed by atoms with Gasteiger partial charge in [0.25, 0.3) is 0 Å². The second-order valence-electron chi connectivity index (χ2n) is 5.01. The fourth-order valence-electron chi connectivity index (χ4n) is 2.32. The third-order valence-electron chi connectivity index (χ3n) is 3.41. The Morgan fingerprint density at radius 1 is 1.10 bits per heavy atom. The molecular formula is C16H17N3O. The van der Waals surface area contributed by atoms with Gasteiger partial charge in [-0.25, -0.2) is 4.98 Å². The fraction of sp³-hybridized carbons (Fsp3) is 0.188. The zero-order valence-electron chi connectivity index (χ0n) is 11.8. The molecule has 20 heavy (non-hydrogen) atoms. The lowest BCUT2D eigenvalue weighted by atomic mass is 10.1. The molecule has 3 rings (SSSR count). The number of hydrogen-bond acceptors (Lipinski definition) is 4. The van der Waals surface area contributed by atoms with E-state index in [1.54, 1.807) is 0 Å². The van der Waals surface area contributed by atoms with E-state index >= 15 is 0 Å². The van der Waals surface area contributed by atoms with E-state index in [1.165, 1.54) is 5.56 Å². The van der Waals surface area contributed by atoms with Gasteiger partial charge in [-0.15, -0.1) is 0 Å². The Balaban J connectivity index is 2.07. The van der Waals surface area contributed by atoms with Crippen LogP contribution < -0.4 is 10.6 Å². The lowest BCUT2D eigenvalue weighted by Gasteiger charge is -2.21. The molecule has 4 heteroatoms. The maximum Gasteiger partial charge on any atom is 0.192 e. The third-order valence-corrected chi connectivity index (χ3v) is 3.41. The smallest absolute Gasteiger partial charge is 0.192 e. The fourth-order valence-corrected chi connectivity index (χ4v) is 2.32.